The van der Waals surface area contributed by atoms with E-state index in [-0.39, 0.29) is 18.0 Å². The van der Waals surface area contributed by atoms with Crippen molar-refractivity contribution in [2.75, 3.05) is 13.1 Å². The number of amides is 1. The second-order valence-electron chi connectivity index (χ2n) is 6.48. The quantitative estimate of drug-likeness (QED) is 0.873. The molecule has 0 saturated carbocycles. The van der Waals surface area contributed by atoms with E-state index in [0.29, 0.717) is 6.54 Å². The summed E-state index contributed by atoms with van der Waals surface area (Å²) < 4.78 is 0. The van der Waals surface area contributed by atoms with Crippen LogP contribution >= 0.6 is 0 Å². The first-order chi connectivity index (χ1) is 9.88. The molecule has 0 spiro atoms. The van der Waals surface area contributed by atoms with Crippen LogP contribution in [0.5, 0.6) is 0 Å². The van der Waals surface area contributed by atoms with Crippen LogP contribution in [-0.4, -0.2) is 40.6 Å². The summed E-state index contributed by atoms with van der Waals surface area (Å²) in [6, 6.07) is 10.0. The van der Waals surface area contributed by atoms with E-state index in [1.54, 1.807) is 0 Å². The molecule has 1 aliphatic rings. The highest BCUT2D eigenvalue weighted by atomic mass is 16.3. The molecule has 0 aliphatic carbocycles. The number of nitrogens with one attached hydrogen (secondary N) is 1. The topological polar surface area (TPSA) is 52.6 Å². The van der Waals surface area contributed by atoms with Gasteiger partial charge in [-0.1, -0.05) is 30.3 Å². The first-order valence-corrected chi connectivity index (χ1v) is 7.68. The number of rotatable bonds is 5. The Morgan fingerprint density at radius 2 is 2.10 bits per heavy atom. The molecule has 1 saturated heterocycles. The molecule has 2 rings (SSSR count). The number of carbonyl (C=O) groups is 1. The maximum Gasteiger partial charge on any atom is 0.234 e. The van der Waals surface area contributed by atoms with Crippen LogP contribution in [0.2, 0.25) is 0 Å². The van der Waals surface area contributed by atoms with E-state index in [2.05, 4.69) is 10.2 Å². The molecule has 1 fully saturated rings. The zero-order valence-electron chi connectivity index (χ0n) is 13.2. The number of nitrogens with zero attached hydrogens (tertiary/aromatic N) is 1. The van der Waals surface area contributed by atoms with Crippen molar-refractivity contribution >= 4 is 5.91 Å². The Labute approximate surface area is 127 Å². The van der Waals surface area contributed by atoms with Crippen LogP contribution in [0.1, 0.15) is 45.2 Å². The third-order valence-corrected chi connectivity index (χ3v) is 4.20. The summed E-state index contributed by atoms with van der Waals surface area (Å²) in [6.45, 7) is 6.86. The Bertz CT molecular complexity index is 467. The molecule has 1 aromatic carbocycles. The molecule has 1 aliphatic heterocycles. The average Bonchev–Trinajstić information content (AvgIpc) is 2.87. The van der Waals surface area contributed by atoms with Gasteiger partial charge in [-0.3, -0.25) is 9.69 Å². The fourth-order valence-corrected chi connectivity index (χ4v) is 3.11. The number of aliphatic hydroxyl groups is 1. The Morgan fingerprint density at radius 1 is 1.43 bits per heavy atom. The summed E-state index contributed by atoms with van der Waals surface area (Å²) in [5.74, 6) is 0.0162. The number of carbonyl (C=O) groups excluding carboxylic acids is 1. The van der Waals surface area contributed by atoms with Crippen LogP contribution in [0.4, 0.5) is 0 Å². The monoisotopic (exact) mass is 290 g/mol. The maximum absolute atomic E-state index is 12.2. The number of likely N-dealkylation sites (tertiary alicyclic amines) is 1. The van der Waals surface area contributed by atoms with Crippen LogP contribution in [0.15, 0.2) is 30.3 Å². The molecule has 21 heavy (non-hydrogen) atoms. The van der Waals surface area contributed by atoms with Crippen LogP contribution < -0.4 is 5.32 Å². The molecule has 0 aromatic heterocycles. The van der Waals surface area contributed by atoms with Crippen LogP contribution in [0.25, 0.3) is 0 Å². The first kappa shape index (κ1) is 16.0. The highest BCUT2D eigenvalue weighted by Gasteiger charge is 2.36. The van der Waals surface area contributed by atoms with Gasteiger partial charge in [0.05, 0.1) is 18.2 Å². The van der Waals surface area contributed by atoms with Crippen LogP contribution in [-0.2, 0) is 4.79 Å². The van der Waals surface area contributed by atoms with Gasteiger partial charge < -0.3 is 10.4 Å². The zero-order chi connectivity index (χ0) is 15.5. The molecule has 4 heteroatoms. The van der Waals surface area contributed by atoms with Gasteiger partial charge in [0.2, 0.25) is 5.91 Å². The lowest BCUT2D eigenvalue weighted by Gasteiger charge is -2.33. The largest absolute Gasteiger partial charge is 0.389 e. The molecule has 2 atom stereocenters. The first-order valence-electron chi connectivity index (χ1n) is 7.68. The van der Waals surface area contributed by atoms with E-state index in [1.165, 1.54) is 0 Å². The molecule has 0 radical (unpaired) electrons. The lowest BCUT2D eigenvalue weighted by atomic mass is 9.97. The van der Waals surface area contributed by atoms with E-state index in [1.807, 2.05) is 51.1 Å². The summed E-state index contributed by atoms with van der Waals surface area (Å²) in [5.41, 5.74) is 0.341. The minimum Gasteiger partial charge on any atom is -0.389 e. The van der Waals surface area contributed by atoms with Gasteiger partial charge in [0.25, 0.3) is 0 Å². The van der Waals surface area contributed by atoms with Gasteiger partial charge in [0.1, 0.15) is 0 Å². The molecule has 1 amide bonds. The van der Waals surface area contributed by atoms with Crippen LogP contribution in [0.3, 0.4) is 0 Å². The van der Waals surface area contributed by atoms with Crippen molar-refractivity contribution in [1.29, 1.82) is 0 Å². The minimum atomic E-state index is -0.762. The second kappa shape index (κ2) is 6.58. The van der Waals surface area contributed by atoms with Gasteiger partial charge in [-0.2, -0.15) is 0 Å². The third-order valence-electron chi connectivity index (χ3n) is 4.20. The van der Waals surface area contributed by atoms with Crippen molar-refractivity contribution in [2.24, 2.45) is 0 Å². The van der Waals surface area contributed by atoms with Gasteiger partial charge in [0.15, 0.2) is 0 Å². The summed E-state index contributed by atoms with van der Waals surface area (Å²) >= 11 is 0. The molecular weight excluding hydrogens is 264 g/mol. The smallest absolute Gasteiger partial charge is 0.234 e. The highest BCUT2D eigenvalue weighted by Crippen LogP contribution is 2.26. The highest BCUT2D eigenvalue weighted by molar-refractivity contribution is 5.78. The molecule has 116 valence electrons. The predicted molar refractivity (Wildman–Crippen MR) is 83.9 cm³/mol. The zero-order valence-corrected chi connectivity index (χ0v) is 13.2. The fraction of sp³-hybridized carbons (Fsp3) is 0.588. The van der Waals surface area contributed by atoms with Crippen molar-refractivity contribution in [3.05, 3.63) is 35.9 Å². The van der Waals surface area contributed by atoms with Crippen molar-refractivity contribution in [3.8, 4) is 0 Å². The maximum atomic E-state index is 12.2. The molecule has 1 aromatic rings. The van der Waals surface area contributed by atoms with Gasteiger partial charge in [-0.05, 0) is 45.7 Å². The van der Waals surface area contributed by atoms with Crippen molar-refractivity contribution in [1.82, 2.24) is 10.2 Å². The third kappa shape index (κ3) is 4.29. The molecule has 0 bridgehead atoms. The second-order valence-corrected chi connectivity index (χ2v) is 6.48. The van der Waals surface area contributed by atoms with E-state index >= 15 is 0 Å². The Hall–Kier alpha value is -1.39. The lowest BCUT2D eigenvalue weighted by Crippen LogP contribution is -2.49. The van der Waals surface area contributed by atoms with Crippen molar-refractivity contribution in [3.63, 3.8) is 0 Å². The Morgan fingerprint density at radius 3 is 2.71 bits per heavy atom. The predicted octanol–water partition coefficient (Wildman–Crippen LogP) is 2.10. The SMILES string of the molecule is CC(NC(=O)CN1CCCC1C(C)(C)O)c1ccccc1. The molecule has 1 heterocycles. The van der Waals surface area contributed by atoms with Gasteiger partial charge in [-0.15, -0.1) is 0 Å². The molecule has 4 nitrogen and oxygen atoms in total. The molecule has 2 unspecified atom stereocenters. The minimum absolute atomic E-state index is 0.00175. The fourth-order valence-electron chi connectivity index (χ4n) is 3.11. The summed E-state index contributed by atoms with van der Waals surface area (Å²) in [6.07, 6.45) is 1.99. The number of hydrogen-bond acceptors (Lipinski definition) is 3. The van der Waals surface area contributed by atoms with E-state index in [0.717, 1.165) is 24.9 Å². The lowest BCUT2D eigenvalue weighted by molar-refractivity contribution is -0.124. The average molecular weight is 290 g/mol. The van der Waals surface area contributed by atoms with E-state index in [9.17, 15) is 9.90 Å². The Kier molecular flexibility index (Phi) is 5.01. The summed E-state index contributed by atoms with van der Waals surface area (Å²) in [5, 5.41) is 13.2. The van der Waals surface area contributed by atoms with E-state index in [4.69, 9.17) is 0 Å². The summed E-state index contributed by atoms with van der Waals surface area (Å²) in [7, 11) is 0. The standard InChI is InChI=1S/C17H26N2O2/c1-13(14-8-5-4-6-9-14)18-16(20)12-19-11-7-10-15(19)17(2,3)21/h4-6,8-9,13,15,21H,7,10-12H2,1-3H3,(H,18,20). The molecular formula is C17H26N2O2. The van der Waals surface area contributed by atoms with Crippen molar-refractivity contribution in [2.45, 2.75) is 51.3 Å². The summed E-state index contributed by atoms with van der Waals surface area (Å²) in [4.78, 5) is 14.3. The van der Waals surface area contributed by atoms with Gasteiger partial charge >= 0.3 is 0 Å². The van der Waals surface area contributed by atoms with E-state index < -0.39 is 5.60 Å². The van der Waals surface area contributed by atoms with Crippen LogP contribution in [0, 0.1) is 0 Å². The Balaban J connectivity index is 1.90. The number of hydrogen-bond donors (Lipinski definition) is 2. The van der Waals surface area contributed by atoms with Gasteiger partial charge in [-0.25, -0.2) is 0 Å². The van der Waals surface area contributed by atoms with Crippen molar-refractivity contribution < 1.29 is 9.90 Å². The molecule has 2 N–H and O–H groups in total. The number of benzene rings is 1. The normalized spacial score (nSPS) is 21.2. The van der Waals surface area contributed by atoms with Gasteiger partial charge in [0, 0.05) is 6.04 Å².